The highest BCUT2D eigenvalue weighted by molar-refractivity contribution is 7.89. The summed E-state index contributed by atoms with van der Waals surface area (Å²) in [5, 5.41) is 0. The number of nitrogens with one attached hydrogen (secondary N) is 1. The molecule has 4 nitrogen and oxygen atoms in total. The lowest BCUT2D eigenvalue weighted by Crippen LogP contribution is -2.37. The molecule has 1 aliphatic carbocycles. The zero-order valence-corrected chi connectivity index (χ0v) is 12.3. The lowest BCUT2D eigenvalue weighted by Gasteiger charge is -2.26. The van der Waals surface area contributed by atoms with E-state index in [4.69, 9.17) is 5.73 Å². The van der Waals surface area contributed by atoms with Gasteiger partial charge in [0.2, 0.25) is 10.0 Å². The Labute approximate surface area is 115 Å². The van der Waals surface area contributed by atoms with Gasteiger partial charge in [0.15, 0.2) is 0 Å². The fraction of sp³-hybridized carbons (Fsp3) is 0.571. The van der Waals surface area contributed by atoms with Crippen LogP contribution in [0.4, 0.5) is 5.69 Å². The summed E-state index contributed by atoms with van der Waals surface area (Å²) >= 11 is 0. The summed E-state index contributed by atoms with van der Waals surface area (Å²) in [5.74, 6) is 0.704. The summed E-state index contributed by atoms with van der Waals surface area (Å²) < 4.78 is 27.4. The second-order valence-corrected chi connectivity index (χ2v) is 7.31. The summed E-state index contributed by atoms with van der Waals surface area (Å²) in [7, 11) is -3.45. The molecule has 1 aliphatic rings. The van der Waals surface area contributed by atoms with E-state index in [1.807, 2.05) is 6.92 Å². The Kier molecular flexibility index (Phi) is 4.16. The number of nitrogen functional groups attached to an aromatic ring is 1. The van der Waals surface area contributed by atoms with Crippen molar-refractivity contribution in [3.05, 3.63) is 23.8 Å². The Bertz CT molecular complexity index is 547. The number of rotatable bonds is 3. The van der Waals surface area contributed by atoms with Crippen LogP contribution in [0.1, 0.15) is 38.2 Å². The molecule has 106 valence electrons. The minimum Gasteiger partial charge on any atom is -0.398 e. The average Bonchev–Trinajstić information content (AvgIpc) is 2.35. The summed E-state index contributed by atoms with van der Waals surface area (Å²) in [6, 6.07) is 4.94. The van der Waals surface area contributed by atoms with Gasteiger partial charge in [0.25, 0.3) is 0 Å². The van der Waals surface area contributed by atoms with Crippen molar-refractivity contribution in [3.8, 4) is 0 Å². The summed E-state index contributed by atoms with van der Waals surface area (Å²) in [5.41, 5.74) is 7.18. The van der Waals surface area contributed by atoms with Crippen molar-refractivity contribution in [1.82, 2.24) is 4.72 Å². The van der Waals surface area contributed by atoms with Crippen molar-refractivity contribution in [2.45, 2.75) is 50.5 Å². The first-order valence-electron chi connectivity index (χ1n) is 6.77. The van der Waals surface area contributed by atoms with Crippen LogP contribution in [0.15, 0.2) is 23.1 Å². The molecule has 5 heteroatoms. The molecule has 1 saturated carbocycles. The van der Waals surface area contributed by atoms with Crippen LogP contribution in [0.3, 0.4) is 0 Å². The van der Waals surface area contributed by atoms with Gasteiger partial charge in [-0.1, -0.05) is 13.0 Å². The van der Waals surface area contributed by atoms with E-state index in [-0.39, 0.29) is 10.9 Å². The fourth-order valence-corrected chi connectivity index (χ4v) is 3.79. The van der Waals surface area contributed by atoms with Crippen molar-refractivity contribution in [3.63, 3.8) is 0 Å². The van der Waals surface area contributed by atoms with Gasteiger partial charge in [-0.05, 0) is 56.2 Å². The molecule has 1 fully saturated rings. The molecular weight excluding hydrogens is 260 g/mol. The third-order valence-corrected chi connectivity index (χ3v) is 5.42. The second-order valence-electron chi connectivity index (χ2n) is 5.60. The summed E-state index contributed by atoms with van der Waals surface area (Å²) in [4.78, 5) is 0.259. The highest BCUT2D eigenvalue weighted by Gasteiger charge is 2.24. The quantitative estimate of drug-likeness (QED) is 0.836. The van der Waals surface area contributed by atoms with Crippen LogP contribution in [0, 0.1) is 12.8 Å². The van der Waals surface area contributed by atoms with Gasteiger partial charge in [0, 0.05) is 11.7 Å². The molecule has 19 heavy (non-hydrogen) atoms. The van der Waals surface area contributed by atoms with Gasteiger partial charge in [0.05, 0.1) is 4.90 Å². The zero-order chi connectivity index (χ0) is 14.0. The maximum atomic E-state index is 12.3. The number of sulfonamides is 1. The second kappa shape index (κ2) is 5.51. The van der Waals surface area contributed by atoms with Crippen molar-refractivity contribution in [2.75, 3.05) is 5.73 Å². The minimum atomic E-state index is -3.45. The molecular formula is C14H22N2O2S. The Morgan fingerprint density at radius 1 is 1.21 bits per heavy atom. The SMILES string of the molecule is Cc1ccc(S(=O)(=O)NC2CCC(C)CC2)cc1N. The van der Waals surface area contributed by atoms with Gasteiger partial charge in [-0.3, -0.25) is 0 Å². The number of hydrogen-bond donors (Lipinski definition) is 2. The van der Waals surface area contributed by atoms with Crippen LogP contribution in [0.2, 0.25) is 0 Å². The standard InChI is InChI=1S/C14H22N2O2S/c1-10-3-6-12(7-4-10)16-19(17,18)13-8-5-11(2)14(15)9-13/h5,8-10,12,16H,3-4,6-7,15H2,1-2H3. The Morgan fingerprint density at radius 3 is 2.42 bits per heavy atom. The van der Waals surface area contributed by atoms with Crippen LogP contribution >= 0.6 is 0 Å². The average molecular weight is 282 g/mol. The minimum absolute atomic E-state index is 0.0590. The maximum Gasteiger partial charge on any atom is 0.240 e. The van der Waals surface area contributed by atoms with E-state index in [1.165, 1.54) is 6.07 Å². The molecule has 0 radical (unpaired) electrons. The van der Waals surface area contributed by atoms with Crippen molar-refractivity contribution < 1.29 is 8.42 Å². The zero-order valence-electron chi connectivity index (χ0n) is 11.5. The number of benzene rings is 1. The first kappa shape index (κ1) is 14.3. The predicted molar refractivity (Wildman–Crippen MR) is 77.3 cm³/mol. The van der Waals surface area contributed by atoms with Gasteiger partial charge in [-0.15, -0.1) is 0 Å². The first-order valence-corrected chi connectivity index (χ1v) is 8.25. The summed E-state index contributed by atoms with van der Waals surface area (Å²) in [6.45, 7) is 4.08. The fourth-order valence-electron chi connectivity index (χ4n) is 2.45. The molecule has 3 N–H and O–H groups in total. The Morgan fingerprint density at radius 2 is 1.84 bits per heavy atom. The molecule has 0 atom stereocenters. The molecule has 1 aromatic carbocycles. The van der Waals surface area contributed by atoms with Gasteiger partial charge in [-0.2, -0.15) is 0 Å². The molecule has 2 rings (SSSR count). The van der Waals surface area contributed by atoms with Crippen LogP contribution in [-0.2, 0) is 10.0 Å². The van der Waals surface area contributed by atoms with Crippen LogP contribution in [0.25, 0.3) is 0 Å². The molecule has 0 heterocycles. The van der Waals surface area contributed by atoms with E-state index in [2.05, 4.69) is 11.6 Å². The number of nitrogens with two attached hydrogens (primary N) is 1. The van der Waals surface area contributed by atoms with Gasteiger partial charge < -0.3 is 5.73 Å². The van der Waals surface area contributed by atoms with Gasteiger partial charge in [-0.25, -0.2) is 13.1 Å². The van der Waals surface area contributed by atoms with Crippen molar-refractivity contribution in [1.29, 1.82) is 0 Å². The first-order chi connectivity index (χ1) is 8.88. The topological polar surface area (TPSA) is 72.2 Å². The van der Waals surface area contributed by atoms with Gasteiger partial charge >= 0.3 is 0 Å². The van der Waals surface area contributed by atoms with Crippen LogP contribution in [-0.4, -0.2) is 14.5 Å². The number of anilines is 1. The Hall–Kier alpha value is -1.07. The molecule has 0 amide bonds. The van der Waals surface area contributed by atoms with E-state index in [0.717, 1.165) is 31.2 Å². The highest BCUT2D eigenvalue weighted by Crippen LogP contribution is 2.25. The van der Waals surface area contributed by atoms with E-state index in [9.17, 15) is 8.42 Å². The van der Waals surface area contributed by atoms with E-state index in [1.54, 1.807) is 12.1 Å². The van der Waals surface area contributed by atoms with Crippen LogP contribution < -0.4 is 10.5 Å². The van der Waals surface area contributed by atoms with E-state index < -0.39 is 10.0 Å². The van der Waals surface area contributed by atoms with Crippen molar-refractivity contribution >= 4 is 15.7 Å². The smallest absolute Gasteiger partial charge is 0.240 e. The van der Waals surface area contributed by atoms with Gasteiger partial charge in [0.1, 0.15) is 0 Å². The molecule has 0 aromatic heterocycles. The lowest BCUT2D eigenvalue weighted by atomic mass is 9.88. The molecule has 1 aromatic rings. The number of hydrogen-bond acceptors (Lipinski definition) is 3. The molecule has 0 aliphatic heterocycles. The monoisotopic (exact) mass is 282 g/mol. The number of aryl methyl sites for hydroxylation is 1. The predicted octanol–water partition coefficient (Wildman–Crippen LogP) is 2.43. The maximum absolute atomic E-state index is 12.3. The summed E-state index contributed by atoms with van der Waals surface area (Å²) in [6.07, 6.45) is 4.01. The molecule has 0 unspecified atom stereocenters. The molecule has 0 bridgehead atoms. The highest BCUT2D eigenvalue weighted by atomic mass is 32.2. The van der Waals surface area contributed by atoms with Crippen molar-refractivity contribution in [2.24, 2.45) is 5.92 Å². The van der Waals surface area contributed by atoms with E-state index >= 15 is 0 Å². The van der Waals surface area contributed by atoms with E-state index in [0.29, 0.717) is 11.6 Å². The third kappa shape index (κ3) is 3.48. The van der Waals surface area contributed by atoms with Crippen LogP contribution in [0.5, 0.6) is 0 Å². The normalized spacial score (nSPS) is 24.3. The molecule has 0 spiro atoms. The lowest BCUT2D eigenvalue weighted by molar-refractivity contribution is 0.332. The Balaban J connectivity index is 2.11. The largest absolute Gasteiger partial charge is 0.398 e. The molecule has 0 saturated heterocycles. The third-order valence-electron chi connectivity index (χ3n) is 3.90.